The van der Waals surface area contributed by atoms with Gasteiger partial charge in [0.1, 0.15) is 0 Å². The van der Waals surface area contributed by atoms with Crippen molar-refractivity contribution in [2.45, 2.75) is 25.3 Å². The smallest absolute Gasteiger partial charge is 0.308 e. The van der Waals surface area contributed by atoms with Crippen LogP contribution in [0.3, 0.4) is 0 Å². The number of hydrogen-bond donors (Lipinski definition) is 2. The highest BCUT2D eigenvalue weighted by atomic mass is 35.5. The highest BCUT2D eigenvalue weighted by molar-refractivity contribution is 6.43. The molecule has 2 fully saturated rings. The molecule has 1 heterocycles. The van der Waals surface area contributed by atoms with Crippen LogP contribution in [0.2, 0.25) is 10.0 Å². The van der Waals surface area contributed by atoms with E-state index in [-0.39, 0.29) is 47.1 Å². The lowest BCUT2D eigenvalue weighted by Crippen LogP contribution is -2.50. The molecule has 25 heavy (non-hydrogen) atoms. The standard InChI is InChI=1S/C17H18Cl2N2O4/c18-13-3-1-2-12(14(13)19)16(23)21-7-9(6-10(8-21)17(24)25)15(22)20-11-4-5-11/h1-3,9-11H,4-8H2,(H,20,22)(H,24,25)/t9-,10+/m1/s1. The predicted molar refractivity (Wildman–Crippen MR) is 92.8 cm³/mol. The first-order chi connectivity index (χ1) is 11.9. The van der Waals surface area contributed by atoms with Gasteiger partial charge in [0.2, 0.25) is 5.91 Å². The van der Waals surface area contributed by atoms with E-state index in [1.807, 2.05) is 0 Å². The Morgan fingerprint density at radius 1 is 1.12 bits per heavy atom. The monoisotopic (exact) mass is 384 g/mol. The molecule has 3 rings (SSSR count). The lowest BCUT2D eigenvalue weighted by atomic mass is 9.88. The van der Waals surface area contributed by atoms with Crippen molar-refractivity contribution in [2.24, 2.45) is 11.8 Å². The van der Waals surface area contributed by atoms with Gasteiger partial charge in [0.25, 0.3) is 5.91 Å². The maximum absolute atomic E-state index is 12.8. The van der Waals surface area contributed by atoms with Crippen molar-refractivity contribution in [2.75, 3.05) is 13.1 Å². The molecule has 1 saturated heterocycles. The van der Waals surface area contributed by atoms with Crippen LogP contribution in [0, 0.1) is 11.8 Å². The van der Waals surface area contributed by atoms with Crippen molar-refractivity contribution in [1.29, 1.82) is 0 Å². The van der Waals surface area contributed by atoms with Crippen molar-refractivity contribution in [1.82, 2.24) is 10.2 Å². The van der Waals surface area contributed by atoms with Gasteiger partial charge in [-0.3, -0.25) is 14.4 Å². The number of aliphatic carboxylic acids is 1. The van der Waals surface area contributed by atoms with Crippen LogP contribution in [-0.4, -0.2) is 46.9 Å². The molecule has 134 valence electrons. The molecule has 0 aromatic heterocycles. The number of piperidine rings is 1. The van der Waals surface area contributed by atoms with E-state index in [0.717, 1.165) is 12.8 Å². The largest absolute Gasteiger partial charge is 0.481 e. The molecule has 0 spiro atoms. The van der Waals surface area contributed by atoms with E-state index in [2.05, 4.69) is 5.32 Å². The molecule has 2 aliphatic rings. The maximum Gasteiger partial charge on any atom is 0.308 e. The maximum atomic E-state index is 12.8. The van der Waals surface area contributed by atoms with E-state index < -0.39 is 23.7 Å². The number of benzene rings is 1. The summed E-state index contributed by atoms with van der Waals surface area (Å²) < 4.78 is 0. The molecule has 1 aromatic carbocycles. The normalized spacial score (nSPS) is 23.2. The van der Waals surface area contributed by atoms with E-state index in [1.54, 1.807) is 18.2 Å². The highest BCUT2D eigenvalue weighted by Crippen LogP contribution is 2.30. The van der Waals surface area contributed by atoms with Crippen LogP contribution in [0.1, 0.15) is 29.6 Å². The Balaban J connectivity index is 1.80. The molecule has 2 amide bonds. The summed E-state index contributed by atoms with van der Waals surface area (Å²) in [5.74, 6) is -2.95. The zero-order valence-corrected chi connectivity index (χ0v) is 14.9. The van der Waals surface area contributed by atoms with Crippen molar-refractivity contribution in [3.05, 3.63) is 33.8 Å². The van der Waals surface area contributed by atoms with Crippen molar-refractivity contribution in [3.8, 4) is 0 Å². The van der Waals surface area contributed by atoms with Gasteiger partial charge in [0.05, 0.1) is 27.4 Å². The van der Waals surface area contributed by atoms with Gasteiger partial charge in [-0.05, 0) is 31.4 Å². The first kappa shape index (κ1) is 18.0. The zero-order chi connectivity index (χ0) is 18.1. The Labute approximate surface area is 155 Å². The highest BCUT2D eigenvalue weighted by Gasteiger charge is 2.39. The third-order valence-corrected chi connectivity index (χ3v) is 5.38. The van der Waals surface area contributed by atoms with Crippen LogP contribution in [-0.2, 0) is 9.59 Å². The fourth-order valence-electron chi connectivity index (χ4n) is 3.02. The van der Waals surface area contributed by atoms with Crippen LogP contribution in [0.4, 0.5) is 0 Å². The predicted octanol–water partition coefficient (Wildman–Crippen LogP) is 2.43. The summed E-state index contributed by atoms with van der Waals surface area (Å²) in [7, 11) is 0. The topological polar surface area (TPSA) is 86.7 Å². The average molecular weight is 385 g/mol. The molecule has 1 aliphatic heterocycles. The summed E-state index contributed by atoms with van der Waals surface area (Å²) in [5, 5.41) is 12.7. The van der Waals surface area contributed by atoms with Gasteiger partial charge < -0.3 is 15.3 Å². The number of carbonyl (C=O) groups excluding carboxylic acids is 2. The lowest BCUT2D eigenvalue weighted by Gasteiger charge is -2.35. The number of rotatable bonds is 4. The molecule has 0 unspecified atom stereocenters. The minimum Gasteiger partial charge on any atom is -0.481 e. The van der Waals surface area contributed by atoms with Crippen molar-refractivity contribution >= 4 is 41.0 Å². The molecular weight excluding hydrogens is 367 g/mol. The summed E-state index contributed by atoms with van der Waals surface area (Å²) in [4.78, 5) is 38.0. The zero-order valence-electron chi connectivity index (χ0n) is 13.4. The second-order valence-corrected chi connectivity index (χ2v) is 7.35. The second kappa shape index (κ2) is 7.22. The van der Waals surface area contributed by atoms with Gasteiger partial charge in [0, 0.05) is 19.1 Å². The quantitative estimate of drug-likeness (QED) is 0.834. The summed E-state index contributed by atoms with van der Waals surface area (Å²) in [6, 6.07) is 4.91. The van der Waals surface area contributed by atoms with Crippen molar-refractivity contribution < 1.29 is 19.5 Å². The Morgan fingerprint density at radius 2 is 1.80 bits per heavy atom. The molecular formula is C17H18Cl2N2O4. The summed E-state index contributed by atoms with van der Waals surface area (Å²) in [6.45, 7) is 0.216. The fraction of sp³-hybridized carbons (Fsp3) is 0.471. The summed E-state index contributed by atoms with van der Waals surface area (Å²) in [6.07, 6.45) is 2.12. The molecule has 1 aromatic rings. The van der Waals surface area contributed by atoms with E-state index >= 15 is 0 Å². The Bertz CT molecular complexity index is 721. The average Bonchev–Trinajstić information content (AvgIpc) is 3.40. The lowest BCUT2D eigenvalue weighted by molar-refractivity contribution is -0.144. The van der Waals surface area contributed by atoms with E-state index in [4.69, 9.17) is 23.2 Å². The molecule has 2 atom stereocenters. The van der Waals surface area contributed by atoms with Crippen LogP contribution >= 0.6 is 23.2 Å². The van der Waals surface area contributed by atoms with Crippen LogP contribution in [0.5, 0.6) is 0 Å². The molecule has 0 radical (unpaired) electrons. The van der Waals surface area contributed by atoms with Gasteiger partial charge in [-0.25, -0.2) is 0 Å². The number of nitrogens with zero attached hydrogens (tertiary/aromatic N) is 1. The van der Waals surface area contributed by atoms with Crippen LogP contribution < -0.4 is 5.32 Å². The first-order valence-electron chi connectivity index (χ1n) is 8.13. The number of amides is 2. The van der Waals surface area contributed by atoms with Gasteiger partial charge in [-0.15, -0.1) is 0 Å². The number of likely N-dealkylation sites (tertiary alicyclic amines) is 1. The van der Waals surface area contributed by atoms with Crippen molar-refractivity contribution in [3.63, 3.8) is 0 Å². The number of carboxylic acids is 1. The number of carbonyl (C=O) groups is 3. The van der Waals surface area contributed by atoms with Gasteiger partial charge in [-0.1, -0.05) is 29.3 Å². The van der Waals surface area contributed by atoms with E-state index in [9.17, 15) is 19.5 Å². The molecule has 1 aliphatic carbocycles. The number of nitrogens with one attached hydrogen (secondary N) is 1. The Morgan fingerprint density at radius 3 is 2.44 bits per heavy atom. The fourth-order valence-corrected chi connectivity index (χ4v) is 3.40. The third kappa shape index (κ3) is 4.07. The number of hydrogen-bond acceptors (Lipinski definition) is 3. The first-order valence-corrected chi connectivity index (χ1v) is 8.89. The van der Waals surface area contributed by atoms with E-state index in [1.165, 1.54) is 4.90 Å². The SMILES string of the molecule is O=C(O)[C@H]1C[C@@H](C(=O)NC2CC2)CN(C(=O)c2cccc(Cl)c2Cl)C1. The van der Waals surface area contributed by atoms with Gasteiger partial charge >= 0.3 is 5.97 Å². The molecule has 0 bridgehead atoms. The second-order valence-electron chi connectivity index (χ2n) is 6.56. The number of carboxylic acid groups (broad SMARTS) is 1. The summed E-state index contributed by atoms with van der Waals surface area (Å²) in [5.41, 5.74) is 0.210. The third-order valence-electron chi connectivity index (χ3n) is 4.56. The van der Waals surface area contributed by atoms with E-state index in [0.29, 0.717) is 0 Å². The molecule has 1 saturated carbocycles. The minimum absolute atomic E-state index is 0.0459. The van der Waals surface area contributed by atoms with Crippen LogP contribution in [0.25, 0.3) is 0 Å². The van der Waals surface area contributed by atoms with Crippen LogP contribution in [0.15, 0.2) is 18.2 Å². The molecule has 6 nitrogen and oxygen atoms in total. The van der Waals surface area contributed by atoms with Gasteiger partial charge in [-0.2, -0.15) is 0 Å². The molecule has 8 heteroatoms. The summed E-state index contributed by atoms with van der Waals surface area (Å²) >= 11 is 12.1. The molecule has 2 N–H and O–H groups in total. The minimum atomic E-state index is -1.01. The van der Waals surface area contributed by atoms with Gasteiger partial charge in [0.15, 0.2) is 0 Å². The Hall–Kier alpha value is -1.79. The number of halogens is 2. The Kier molecular flexibility index (Phi) is 5.20.